The van der Waals surface area contributed by atoms with E-state index < -0.39 is 0 Å². The van der Waals surface area contributed by atoms with Crippen molar-refractivity contribution < 1.29 is 4.79 Å². The molecule has 0 aromatic rings. The first-order valence-corrected chi connectivity index (χ1v) is 6.74. The fourth-order valence-corrected chi connectivity index (χ4v) is 1.70. The second kappa shape index (κ2) is 7.49. The second-order valence-electron chi connectivity index (χ2n) is 5.73. The second-order valence-corrected chi connectivity index (χ2v) is 7.53. The number of hydrogen-bond acceptors (Lipinski definition) is 3. The van der Waals surface area contributed by atoms with Crippen LogP contribution in [-0.4, -0.2) is 28.5 Å². The topological polar surface area (TPSA) is 55.1 Å². The molecule has 3 N–H and O–H groups in total. The van der Waals surface area contributed by atoms with Gasteiger partial charge in [0.1, 0.15) is 0 Å². The van der Waals surface area contributed by atoms with Crippen LogP contribution < -0.4 is 11.1 Å². The Balaban J connectivity index is 0. The number of hydrogen-bond donors (Lipinski definition) is 2. The lowest BCUT2D eigenvalue weighted by molar-refractivity contribution is -0.120. The Bertz CT molecular complexity index is 241. The van der Waals surface area contributed by atoms with Crippen molar-refractivity contribution in [3.05, 3.63) is 0 Å². The van der Waals surface area contributed by atoms with Gasteiger partial charge in [-0.2, -0.15) is 0 Å². The van der Waals surface area contributed by atoms with Crippen LogP contribution in [-0.2, 0) is 4.79 Å². The Hall–Kier alpha value is 0.0700. The normalized spacial score (nSPS) is 15.1. The molecule has 1 atom stereocenters. The molecule has 0 saturated heterocycles. The first-order chi connectivity index (χ1) is 7.10. The highest BCUT2D eigenvalue weighted by atomic mass is 35.5. The Labute approximate surface area is 116 Å². The summed E-state index contributed by atoms with van der Waals surface area (Å²) < 4.78 is 0.119. The molecule has 17 heavy (non-hydrogen) atoms. The van der Waals surface area contributed by atoms with E-state index >= 15 is 0 Å². The minimum Gasteiger partial charge on any atom is -0.349 e. The van der Waals surface area contributed by atoms with Gasteiger partial charge in [-0.3, -0.25) is 4.79 Å². The highest BCUT2D eigenvalue weighted by Crippen LogP contribution is 2.23. The maximum atomic E-state index is 11.8. The molecule has 1 unspecified atom stereocenters. The predicted octanol–water partition coefficient (Wildman–Crippen LogP) is 2.43. The van der Waals surface area contributed by atoms with Crippen LogP contribution in [0.25, 0.3) is 0 Å². The number of rotatable bonds is 5. The molecule has 0 aliphatic rings. The summed E-state index contributed by atoms with van der Waals surface area (Å²) >= 11 is 1.65. The summed E-state index contributed by atoms with van der Waals surface area (Å²) in [7, 11) is 0. The number of carbonyl (C=O) groups is 1. The summed E-state index contributed by atoms with van der Waals surface area (Å²) in [5.74, 6) is 0.897. The van der Waals surface area contributed by atoms with E-state index in [2.05, 4.69) is 39.9 Å². The lowest BCUT2D eigenvalue weighted by atomic mass is 9.88. The molecule has 104 valence electrons. The first kappa shape index (κ1) is 19.4. The zero-order valence-electron chi connectivity index (χ0n) is 11.8. The van der Waals surface area contributed by atoms with Crippen molar-refractivity contribution in [1.29, 1.82) is 0 Å². The number of carbonyl (C=O) groups excluding carboxylic acids is 1. The first-order valence-electron chi connectivity index (χ1n) is 5.76. The molecular formula is C12H27ClN2OS. The molecule has 0 spiro atoms. The smallest absolute Gasteiger partial charge is 0.230 e. The van der Waals surface area contributed by atoms with Gasteiger partial charge >= 0.3 is 0 Å². The lowest BCUT2D eigenvalue weighted by Gasteiger charge is -2.33. The molecule has 0 saturated carbocycles. The van der Waals surface area contributed by atoms with Crippen molar-refractivity contribution in [2.24, 2.45) is 11.7 Å². The minimum absolute atomic E-state index is 0. The van der Waals surface area contributed by atoms with Gasteiger partial charge in [0.2, 0.25) is 5.91 Å². The lowest BCUT2D eigenvalue weighted by Crippen LogP contribution is -2.55. The molecule has 0 rings (SSSR count). The van der Waals surface area contributed by atoms with Gasteiger partial charge in [-0.1, -0.05) is 34.6 Å². The van der Waals surface area contributed by atoms with Gasteiger partial charge in [0.05, 0.1) is 11.3 Å². The van der Waals surface area contributed by atoms with Crippen LogP contribution in [0.5, 0.6) is 0 Å². The van der Waals surface area contributed by atoms with Crippen LogP contribution in [0, 0.1) is 5.92 Å². The third-order valence-corrected chi connectivity index (χ3v) is 4.03. The van der Waals surface area contributed by atoms with Crippen LogP contribution in [0.15, 0.2) is 0 Å². The Kier molecular flexibility index (Phi) is 8.56. The largest absolute Gasteiger partial charge is 0.349 e. The molecule has 0 heterocycles. The summed E-state index contributed by atoms with van der Waals surface area (Å²) in [5, 5.41) is 3.03. The van der Waals surface area contributed by atoms with E-state index in [0.29, 0.717) is 18.2 Å². The predicted molar refractivity (Wildman–Crippen MR) is 79.9 cm³/mol. The van der Waals surface area contributed by atoms with E-state index in [1.165, 1.54) is 0 Å². The summed E-state index contributed by atoms with van der Waals surface area (Å²) in [6, 6.07) is 0. The highest BCUT2D eigenvalue weighted by Gasteiger charge is 2.28. The summed E-state index contributed by atoms with van der Waals surface area (Å²) in [4.78, 5) is 11.8. The standard InChI is InChI=1S/C12H26N2OS.ClH/c1-9(2)12(6,8-13)14-10(15)7-16-11(3,4)5;/h9H,7-8,13H2,1-6H3,(H,14,15);1H. The number of nitrogens with one attached hydrogen (secondary N) is 1. The van der Waals surface area contributed by atoms with Crippen LogP contribution in [0.1, 0.15) is 41.5 Å². The Morgan fingerprint density at radius 3 is 2.06 bits per heavy atom. The zero-order chi connectivity index (χ0) is 13.0. The van der Waals surface area contributed by atoms with E-state index in [4.69, 9.17) is 5.73 Å². The van der Waals surface area contributed by atoms with Gasteiger partial charge in [0.15, 0.2) is 0 Å². The Morgan fingerprint density at radius 2 is 1.76 bits per heavy atom. The molecule has 0 aromatic heterocycles. The minimum atomic E-state index is -0.296. The van der Waals surface area contributed by atoms with E-state index in [-0.39, 0.29) is 28.6 Å². The molecule has 0 aromatic carbocycles. The molecule has 0 aliphatic carbocycles. The van der Waals surface area contributed by atoms with Gasteiger partial charge in [-0.25, -0.2) is 0 Å². The summed E-state index contributed by atoms with van der Waals surface area (Å²) in [6.07, 6.45) is 0. The van der Waals surface area contributed by atoms with Gasteiger partial charge in [0.25, 0.3) is 0 Å². The van der Waals surface area contributed by atoms with Crippen LogP contribution >= 0.6 is 24.2 Å². The van der Waals surface area contributed by atoms with Gasteiger partial charge in [-0.05, 0) is 12.8 Å². The number of halogens is 1. The van der Waals surface area contributed by atoms with E-state index in [9.17, 15) is 4.79 Å². The average Bonchev–Trinajstić information content (AvgIpc) is 2.13. The SMILES string of the molecule is CC(C)C(C)(CN)NC(=O)CSC(C)(C)C.Cl. The van der Waals surface area contributed by atoms with Crippen molar-refractivity contribution in [3.63, 3.8) is 0 Å². The summed E-state index contributed by atoms with van der Waals surface area (Å²) in [5.41, 5.74) is 5.42. The van der Waals surface area contributed by atoms with Crippen LogP contribution in [0.2, 0.25) is 0 Å². The maximum absolute atomic E-state index is 11.8. The van der Waals surface area contributed by atoms with Crippen molar-refractivity contribution >= 4 is 30.1 Å². The summed E-state index contributed by atoms with van der Waals surface area (Å²) in [6.45, 7) is 12.9. The van der Waals surface area contributed by atoms with Crippen molar-refractivity contribution in [3.8, 4) is 0 Å². The number of nitrogens with two attached hydrogens (primary N) is 1. The van der Waals surface area contributed by atoms with E-state index in [1.54, 1.807) is 11.8 Å². The fourth-order valence-electron chi connectivity index (χ4n) is 1.07. The quantitative estimate of drug-likeness (QED) is 0.814. The van der Waals surface area contributed by atoms with Gasteiger partial charge in [-0.15, -0.1) is 24.2 Å². The molecule has 0 bridgehead atoms. The van der Waals surface area contributed by atoms with Crippen LogP contribution in [0.3, 0.4) is 0 Å². The van der Waals surface area contributed by atoms with Gasteiger partial charge in [0, 0.05) is 11.3 Å². The van der Waals surface area contributed by atoms with E-state index in [1.807, 2.05) is 6.92 Å². The third-order valence-electron chi connectivity index (χ3n) is 2.76. The van der Waals surface area contributed by atoms with E-state index in [0.717, 1.165) is 0 Å². The van der Waals surface area contributed by atoms with Crippen molar-refractivity contribution in [2.75, 3.05) is 12.3 Å². The Morgan fingerprint density at radius 1 is 1.29 bits per heavy atom. The molecule has 0 fully saturated rings. The highest BCUT2D eigenvalue weighted by molar-refractivity contribution is 8.01. The molecule has 1 amide bonds. The van der Waals surface area contributed by atoms with Gasteiger partial charge < -0.3 is 11.1 Å². The number of thioether (sulfide) groups is 1. The molecule has 0 radical (unpaired) electrons. The monoisotopic (exact) mass is 282 g/mol. The van der Waals surface area contributed by atoms with Crippen LogP contribution in [0.4, 0.5) is 0 Å². The third kappa shape index (κ3) is 7.90. The zero-order valence-corrected chi connectivity index (χ0v) is 13.4. The molecule has 0 aliphatic heterocycles. The molecule has 3 nitrogen and oxygen atoms in total. The fraction of sp³-hybridized carbons (Fsp3) is 0.917. The van der Waals surface area contributed by atoms with Crippen molar-refractivity contribution in [2.45, 2.75) is 51.8 Å². The van der Waals surface area contributed by atoms with Crippen molar-refractivity contribution in [1.82, 2.24) is 5.32 Å². The molecular weight excluding hydrogens is 256 g/mol. The number of amides is 1. The molecule has 5 heteroatoms. The average molecular weight is 283 g/mol. The maximum Gasteiger partial charge on any atom is 0.230 e.